The molecule has 1 unspecified atom stereocenters. The lowest BCUT2D eigenvalue weighted by Gasteiger charge is -2.29. The Bertz CT molecular complexity index is 1690. The van der Waals surface area contributed by atoms with Crippen molar-refractivity contribution < 1.29 is 23.4 Å². The van der Waals surface area contributed by atoms with E-state index in [1.54, 1.807) is 36.4 Å². The molecule has 1 aromatic heterocycles. The highest BCUT2D eigenvalue weighted by molar-refractivity contribution is 7.61. The van der Waals surface area contributed by atoms with Crippen molar-refractivity contribution >= 4 is 33.1 Å². The van der Waals surface area contributed by atoms with Gasteiger partial charge in [-0.2, -0.15) is 8.42 Å². The highest BCUT2D eigenvalue weighted by Gasteiger charge is 2.21. The predicted molar refractivity (Wildman–Crippen MR) is 194 cm³/mol. The maximum absolute atomic E-state index is 11.6. The van der Waals surface area contributed by atoms with Crippen LogP contribution >= 0.6 is 0 Å². The maximum atomic E-state index is 11.6. The van der Waals surface area contributed by atoms with Gasteiger partial charge in [-0.15, -0.1) is 4.36 Å². The summed E-state index contributed by atoms with van der Waals surface area (Å²) in [7, 11) is -2.56. The molecule has 0 aliphatic heterocycles. The number of aromatic carboxylic acids is 1. The van der Waals surface area contributed by atoms with Gasteiger partial charge in [0.15, 0.2) is 0 Å². The van der Waals surface area contributed by atoms with Crippen molar-refractivity contribution in [1.29, 1.82) is 0 Å². The lowest BCUT2D eigenvalue weighted by Crippen LogP contribution is -2.42. The molecule has 3 N–H and O–H groups in total. The number of benzene rings is 3. The van der Waals surface area contributed by atoms with Gasteiger partial charge in [0, 0.05) is 61.3 Å². The lowest BCUT2D eigenvalue weighted by atomic mass is 9.99. The second-order valence-corrected chi connectivity index (χ2v) is 14.4. The van der Waals surface area contributed by atoms with Crippen molar-refractivity contribution in [3.8, 4) is 0 Å². The van der Waals surface area contributed by atoms with Crippen LogP contribution in [0.3, 0.4) is 0 Å². The summed E-state index contributed by atoms with van der Waals surface area (Å²) in [6, 6.07) is 26.0. The minimum Gasteiger partial charge on any atom is -0.478 e. The third kappa shape index (κ3) is 13.0. The Balaban J connectivity index is 0.000000935. The highest BCUT2D eigenvalue weighted by Crippen LogP contribution is 2.25. The summed E-state index contributed by atoms with van der Waals surface area (Å²) in [6.45, 7) is 17.2. The van der Waals surface area contributed by atoms with Gasteiger partial charge in [0.25, 0.3) is 0 Å². The number of hydrogen-bond donors (Lipinski definition) is 3. The highest BCUT2D eigenvalue weighted by atomic mass is 32.2. The molecule has 0 aliphatic rings. The summed E-state index contributed by atoms with van der Waals surface area (Å²) in [5.74, 6) is 0.209. The Kier molecular flexibility index (Phi) is 15.0. The number of nitrogens with zero attached hydrogens (tertiary/aromatic N) is 3. The zero-order chi connectivity index (χ0) is 35.3. The molecule has 4 aromatic rings. The van der Waals surface area contributed by atoms with Crippen LogP contribution < -0.4 is 5.32 Å². The normalized spacial score (nSPS) is 12.3. The number of fused-ring (bicyclic) bond motifs is 1. The number of hydrogen-bond acceptors (Lipinski definition) is 7. The monoisotopic (exact) mass is 676 g/mol. The number of aliphatic hydroxyl groups excluding tert-OH is 1. The van der Waals surface area contributed by atoms with Gasteiger partial charge in [-0.3, -0.25) is 0 Å². The zero-order valence-corrected chi connectivity index (χ0v) is 30.0. The molecule has 0 spiro atoms. The molecule has 0 amide bonds. The van der Waals surface area contributed by atoms with Gasteiger partial charge in [0.05, 0.1) is 17.4 Å². The largest absolute Gasteiger partial charge is 0.478 e. The standard InChI is InChI=1S/C32H46N4O5S.C6H6/c1-22(2)20-35(21-23(3)4)14-12-28-18-26-16-25(31(38)39)10-11-29(26)36(28)15-13-32(5,6)33-19-30(37)24-8-7-9-27(17-24)34-42(40)41;1-2-4-6-5-3-1/h7-11,16-18,22-23,30,33,37H,12-15,19-21H2,1-6H3,(H,38,39);1-6H. The molecule has 4 rings (SSSR count). The van der Waals surface area contributed by atoms with Crippen LogP contribution in [0.15, 0.2) is 89.3 Å². The Hall–Kier alpha value is -3.83. The molecule has 1 atom stereocenters. The third-order valence-electron chi connectivity index (χ3n) is 8.00. The number of carboxylic acid groups (broad SMARTS) is 1. The Morgan fingerprint density at radius 1 is 0.917 bits per heavy atom. The predicted octanol–water partition coefficient (Wildman–Crippen LogP) is 7.37. The van der Waals surface area contributed by atoms with Gasteiger partial charge >= 0.3 is 16.5 Å². The summed E-state index contributed by atoms with van der Waals surface area (Å²) in [5.41, 5.74) is 3.01. The number of carbonyl (C=O) groups is 1. The smallest absolute Gasteiger partial charge is 0.335 e. The second kappa shape index (κ2) is 18.6. The number of carboxylic acids is 1. The van der Waals surface area contributed by atoms with Crippen LogP contribution in [0.2, 0.25) is 0 Å². The Morgan fingerprint density at radius 2 is 1.54 bits per heavy atom. The van der Waals surface area contributed by atoms with E-state index >= 15 is 0 Å². The first kappa shape index (κ1) is 38.6. The van der Waals surface area contributed by atoms with Crippen LogP contribution in [0.25, 0.3) is 10.9 Å². The molecule has 0 saturated carbocycles. The van der Waals surface area contributed by atoms with Crippen molar-refractivity contribution in [3.05, 3.63) is 102 Å². The van der Waals surface area contributed by atoms with Crippen LogP contribution in [0, 0.1) is 11.8 Å². The van der Waals surface area contributed by atoms with Crippen LogP contribution in [-0.4, -0.2) is 65.8 Å². The first-order valence-electron chi connectivity index (χ1n) is 16.7. The van der Waals surface area contributed by atoms with E-state index < -0.39 is 22.6 Å². The molecule has 0 aliphatic carbocycles. The molecule has 10 heteroatoms. The fourth-order valence-electron chi connectivity index (χ4n) is 5.73. The van der Waals surface area contributed by atoms with E-state index in [-0.39, 0.29) is 23.3 Å². The molecule has 48 heavy (non-hydrogen) atoms. The van der Waals surface area contributed by atoms with E-state index in [0.29, 0.717) is 17.4 Å². The van der Waals surface area contributed by atoms with Crippen molar-refractivity contribution in [2.75, 3.05) is 26.2 Å². The van der Waals surface area contributed by atoms with Gasteiger partial charge in [-0.1, -0.05) is 76.2 Å². The van der Waals surface area contributed by atoms with E-state index in [0.717, 1.165) is 49.9 Å². The number of aliphatic hydroxyl groups is 1. The average Bonchev–Trinajstić information content (AvgIpc) is 3.38. The van der Waals surface area contributed by atoms with Crippen LogP contribution in [0.5, 0.6) is 0 Å². The van der Waals surface area contributed by atoms with Crippen molar-refractivity contribution in [3.63, 3.8) is 0 Å². The summed E-state index contributed by atoms with van der Waals surface area (Å²) in [4.78, 5) is 14.2. The van der Waals surface area contributed by atoms with Crippen LogP contribution in [-0.2, 0) is 23.5 Å². The number of aromatic nitrogens is 1. The minimum atomic E-state index is -2.56. The van der Waals surface area contributed by atoms with E-state index in [9.17, 15) is 23.4 Å². The summed E-state index contributed by atoms with van der Waals surface area (Å²) < 4.78 is 27.7. The van der Waals surface area contributed by atoms with Crippen LogP contribution in [0.1, 0.15) is 75.7 Å². The van der Waals surface area contributed by atoms with E-state index in [4.69, 9.17) is 0 Å². The average molecular weight is 677 g/mol. The third-order valence-corrected chi connectivity index (χ3v) is 8.36. The van der Waals surface area contributed by atoms with Gasteiger partial charge in [0.1, 0.15) is 0 Å². The number of aryl methyl sites for hydroxylation is 1. The lowest BCUT2D eigenvalue weighted by molar-refractivity contribution is 0.0697. The zero-order valence-electron chi connectivity index (χ0n) is 29.1. The fourth-order valence-corrected chi connectivity index (χ4v) is 6.01. The molecule has 0 radical (unpaired) electrons. The second-order valence-electron chi connectivity index (χ2n) is 13.8. The SMILES string of the molecule is CC(C)CN(CCc1cc2cc(C(=O)O)ccc2n1CCC(C)(C)NCC(O)c1cccc(N=S(=O)=O)c1)CC(C)C.c1ccccc1. The maximum Gasteiger partial charge on any atom is 0.335 e. The Morgan fingerprint density at radius 3 is 2.10 bits per heavy atom. The van der Waals surface area contributed by atoms with Crippen molar-refractivity contribution in [2.24, 2.45) is 16.2 Å². The van der Waals surface area contributed by atoms with Gasteiger partial charge in [-0.25, -0.2) is 4.79 Å². The number of β-amino-alcohol motifs (C(OH)–C–C–N with tert-alkyl or cyclic N) is 1. The molecule has 3 aromatic carbocycles. The molecule has 1 heterocycles. The van der Waals surface area contributed by atoms with Crippen molar-refractivity contribution in [2.45, 2.75) is 72.6 Å². The molecule has 0 bridgehead atoms. The Labute approximate surface area is 287 Å². The molecular formula is C38H52N4O5S. The summed E-state index contributed by atoms with van der Waals surface area (Å²) in [5, 5.41) is 24.7. The quantitative estimate of drug-likeness (QED) is 0.113. The summed E-state index contributed by atoms with van der Waals surface area (Å²) in [6.07, 6.45) is 0.798. The topological polar surface area (TPSA) is 124 Å². The number of rotatable bonds is 16. The molecule has 0 saturated heterocycles. The van der Waals surface area contributed by atoms with Gasteiger partial charge in [-0.05, 0) is 74.1 Å². The molecule has 0 fully saturated rings. The first-order valence-corrected chi connectivity index (χ1v) is 17.7. The van der Waals surface area contributed by atoms with E-state index in [2.05, 4.69) is 66.8 Å². The van der Waals surface area contributed by atoms with E-state index in [1.165, 1.54) is 5.69 Å². The van der Waals surface area contributed by atoms with Gasteiger partial charge < -0.3 is 25.0 Å². The van der Waals surface area contributed by atoms with E-state index in [1.807, 2.05) is 42.5 Å². The first-order chi connectivity index (χ1) is 22.7. The molecule has 9 nitrogen and oxygen atoms in total. The van der Waals surface area contributed by atoms with Crippen molar-refractivity contribution in [1.82, 2.24) is 14.8 Å². The molecule has 260 valence electrons. The minimum absolute atomic E-state index is 0.276. The summed E-state index contributed by atoms with van der Waals surface area (Å²) >= 11 is 0. The number of nitrogens with one attached hydrogen (secondary N) is 1. The van der Waals surface area contributed by atoms with Crippen LogP contribution in [0.4, 0.5) is 5.69 Å². The molecular weight excluding hydrogens is 625 g/mol. The van der Waals surface area contributed by atoms with Gasteiger partial charge in [0.2, 0.25) is 0 Å². The fraction of sp³-hybridized carbons (Fsp3) is 0.447.